The minimum absolute atomic E-state index is 0.736. The van der Waals surface area contributed by atoms with E-state index in [1.165, 1.54) is 24.0 Å². The number of nitrogens with zero attached hydrogens (tertiary/aromatic N) is 1. The minimum atomic E-state index is 0.736. The molecule has 0 atom stereocenters. The fourth-order valence-electron chi connectivity index (χ4n) is 2.53. The summed E-state index contributed by atoms with van der Waals surface area (Å²) in [6.07, 6.45) is 4.46. The van der Waals surface area contributed by atoms with Gasteiger partial charge in [0.15, 0.2) is 0 Å². The van der Waals surface area contributed by atoms with E-state index in [9.17, 15) is 0 Å². The molecule has 0 radical (unpaired) electrons. The normalized spacial score (nSPS) is 14.8. The lowest BCUT2D eigenvalue weighted by atomic mass is 10.2. The largest absolute Gasteiger partial charge is 0.468 e. The maximum atomic E-state index is 5.71. The van der Waals surface area contributed by atoms with Crippen molar-refractivity contribution >= 4 is 0 Å². The number of nitrogens with one attached hydrogen (secondary N) is 1. The van der Waals surface area contributed by atoms with Gasteiger partial charge in [0.05, 0.1) is 12.8 Å². The SMILES string of the molecule is CCN(Cc1ccccc1)Cc1occc1CNC1CC1. The summed E-state index contributed by atoms with van der Waals surface area (Å²) in [6.45, 7) is 5.99. The molecule has 1 aromatic carbocycles. The third kappa shape index (κ3) is 4.19. The second-order valence-corrected chi connectivity index (χ2v) is 5.81. The zero-order chi connectivity index (χ0) is 14.5. The van der Waals surface area contributed by atoms with Crippen LogP contribution in [-0.4, -0.2) is 17.5 Å². The summed E-state index contributed by atoms with van der Waals surface area (Å²) in [5.41, 5.74) is 2.65. The number of benzene rings is 1. The lowest BCUT2D eigenvalue weighted by Crippen LogP contribution is -2.23. The average molecular weight is 284 g/mol. The van der Waals surface area contributed by atoms with Crippen LogP contribution in [0.5, 0.6) is 0 Å². The van der Waals surface area contributed by atoms with Crippen molar-refractivity contribution in [3.63, 3.8) is 0 Å². The molecule has 1 heterocycles. The van der Waals surface area contributed by atoms with Gasteiger partial charge in [-0.15, -0.1) is 0 Å². The molecular weight excluding hydrogens is 260 g/mol. The van der Waals surface area contributed by atoms with Crippen LogP contribution in [0.2, 0.25) is 0 Å². The van der Waals surface area contributed by atoms with E-state index >= 15 is 0 Å². The molecule has 21 heavy (non-hydrogen) atoms. The quantitative estimate of drug-likeness (QED) is 0.803. The molecule has 0 unspecified atom stereocenters. The Morgan fingerprint density at radius 2 is 1.95 bits per heavy atom. The van der Waals surface area contributed by atoms with E-state index in [-0.39, 0.29) is 0 Å². The molecule has 1 fully saturated rings. The summed E-state index contributed by atoms with van der Waals surface area (Å²) in [5.74, 6) is 1.10. The minimum Gasteiger partial charge on any atom is -0.468 e. The monoisotopic (exact) mass is 284 g/mol. The lowest BCUT2D eigenvalue weighted by Gasteiger charge is -2.20. The molecule has 1 N–H and O–H groups in total. The van der Waals surface area contributed by atoms with Gasteiger partial charge in [0, 0.05) is 24.7 Å². The van der Waals surface area contributed by atoms with Crippen molar-refractivity contribution in [2.75, 3.05) is 6.54 Å². The molecule has 1 aliphatic carbocycles. The summed E-state index contributed by atoms with van der Waals surface area (Å²) in [4.78, 5) is 2.41. The van der Waals surface area contributed by atoms with Crippen molar-refractivity contribution in [2.45, 2.75) is 45.4 Å². The van der Waals surface area contributed by atoms with Gasteiger partial charge >= 0.3 is 0 Å². The van der Waals surface area contributed by atoms with Crippen LogP contribution < -0.4 is 5.32 Å². The van der Waals surface area contributed by atoms with Crippen LogP contribution >= 0.6 is 0 Å². The summed E-state index contributed by atoms with van der Waals surface area (Å²) >= 11 is 0. The van der Waals surface area contributed by atoms with Gasteiger partial charge in [-0.25, -0.2) is 0 Å². The van der Waals surface area contributed by atoms with Gasteiger partial charge in [0.2, 0.25) is 0 Å². The molecule has 0 aliphatic heterocycles. The van der Waals surface area contributed by atoms with Crippen LogP contribution in [0.3, 0.4) is 0 Å². The molecular formula is C18H24N2O. The van der Waals surface area contributed by atoms with Gasteiger partial charge in [0.1, 0.15) is 5.76 Å². The molecule has 1 aliphatic rings. The number of rotatable bonds is 8. The van der Waals surface area contributed by atoms with E-state index in [1.807, 2.05) is 6.26 Å². The van der Waals surface area contributed by atoms with Crippen molar-refractivity contribution in [1.29, 1.82) is 0 Å². The van der Waals surface area contributed by atoms with Gasteiger partial charge in [-0.2, -0.15) is 0 Å². The Labute approximate surface area is 127 Å². The first-order valence-corrected chi connectivity index (χ1v) is 7.90. The molecule has 3 heteroatoms. The Morgan fingerprint density at radius 1 is 1.14 bits per heavy atom. The number of hydrogen-bond donors (Lipinski definition) is 1. The highest BCUT2D eigenvalue weighted by Crippen LogP contribution is 2.21. The Bertz CT molecular complexity index is 545. The van der Waals surface area contributed by atoms with Crippen LogP contribution in [0, 0.1) is 0 Å². The highest BCUT2D eigenvalue weighted by Gasteiger charge is 2.21. The fraction of sp³-hybridized carbons (Fsp3) is 0.444. The first-order valence-electron chi connectivity index (χ1n) is 7.90. The predicted molar refractivity (Wildman–Crippen MR) is 84.8 cm³/mol. The standard InChI is InChI=1S/C18H24N2O/c1-2-20(13-15-6-4-3-5-7-15)14-18-16(10-11-21-18)12-19-17-8-9-17/h3-7,10-11,17,19H,2,8-9,12-14H2,1H3. The predicted octanol–water partition coefficient (Wildman–Crippen LogP) is 3.55. The maximum Gasteiger partial charge on any atom is 0.122 e. The van der Waals surface area contributed by atoms with E-state index in [2.05, 4.69) is 53.5 Å². The smallest absolute Gasteiger partial charge is 0.122 e. The van der Waals surface area contributed by atoms with Crippen LogP contribution in [0.15, 0.2) is 47.1 Å². The fourth-order valence-corrected chi connectivity index (χ4v) is 2.53. The zero-order valence-electron chi connectivity index (χ0n) is 12.7. The molecule has 3 nitrogen and oxygen atoms in total. The Morgan fingerprint density at radius 3 is 2.67 bits per heavy atom. The first kappa shape index (κ1) is 14.4. The van der Waals surface area contributed by atoms with Crippen molar-refractivity contribution < 1.29 is 4.42 Å². The van der Waals surface area contributed by atoms with Gasteiger partial charge in [-0.05, 0) is 31.0 Å². The van der Waals surface area contributed by atoms with Gasteiger partial charge < -0.3 is 9.73 Å². The highest BCUT2D eigenvalue weighted by molar-refractivity contribution is 5.18. The zero-order valence-corrected chi connectivity index (χ0v) is 12.7. The molecule has 0 saturated heterocycles. The number of hydrogen-bond acceptors (Lipinski definition) is 3. The Balaban J connectivity index is 1.59. The summed E-state index contributed by atoms with van der Waals surface area (Å²) in [7, 11) is 0. The maximum absolute atomic E-state index is 5.71. The van der Waals surface area contributed by atoms with Crippen LogP contribution in [-0.2, 0) is 19.6 Å². The van der Waals surface area contributed by atoms with Gasteiger partial charge in [0.25, 0.3) is 0 Å². The lowest BCUT2D eigenvalue weighted by molar-refractivity contribution is 0.246. The van der Waals surface area contributed by atoms with Crippen molar-refractivity contribution in [3.8, 4) is 0 Å². The first-order chi connectivity index (χ1) is 10.3. The summed E-state index contributed by atoms with van der Waals surface area (Å²) < 4.78 is 5.71. The van der Waals surface area contributed by atoms with E-state index in [4.69, 9.17) is 4.42 Å². The third-order valence-corrected chi connectivity index (χ3v) is 4.06. The van der Waals surface area contributed by atoms with Gasteiger partial charge in [-0.1, -0.05) is 37.3 Å². The average Bonchev–Trinajstić information content (AvgIpc) is 3.25. The highest BCUT2D eigenvalue weighted by atomic mass is 16.3. The molecule has 2 aromatic rings. The molecule has 1 aromatic heterocycles. The van der Waals surface area contributed by atoms with Crippen molar-refractivity contribution in [1.82, 2.24) is 10.2 Å². The van der Waals surface area contributed by atoms with Crippen LogP contribution in [0.1, 0.15) is 36.7 Å². The van der Waals surface area contributed by atoms with Crippen LogP contribution in [0.4, 0.5) is 0 Å². The van der Waals surface area contributed by atoms with E-state index < -0.39 is 0 Å². The van der Waals surface area contributed by atoms with E-state index in [0.717, 1.165) is 38.0 Å². The second-order valence-electron chi connectivity index (χ2n) is 5.81. The van der Waals surface area contributed by atoms with Crippen molar-refractivity contribution in [3.05, 3.63) is 59.5 Å². The van der Waals surface area contributed by atoms with E-state index in [0.29, 0.717) is 0 Å². The topological polar surface area (TPSA) is 28.4 Å². The van der Waals surface area contributed by atoms with Crippen LogP contribution in [0.25, 0.3) is 0 Å². The molecule has 0 amide bonds. The van der Waals surface area contributed by atoms with Crippen molar-refractivity contribution in [2.24, 2.45) is 0 Å². The molecule has 3 rings (SSSR count). The second kappa shape index (κ2) is 6.92. The molecule has 0 bridgehead atoms. The van der Waals surface area contributed by atoms with E-state index in [1.54, 1.807) is 0 Å². The molecule has 112 valence electrons. The Kier molecular flexibility index (Phi) is 4.73. The third-order valence-electron chi connectivity index (χ3n) is 4.06. The summed E-state index contributed by atoms with van der Waals surface area (Å²) in [5, 5.41) is 3.56. The van der Waals surface area contributed by atoms with Gasteiger partial charge in [-0.3, -0.25) is 4.90 Å². The molecule has 0 spiro atoms. The Hall–Kier alpha value is -1.58. The molecule has 1 saturated carbocycles. The number of furan rings is 1. The summed E-state index contributed by atoms with van der Waals surface area (Å²) in [6, 6.07) is 13.5.